The van der Waals surface area contributed by atoms with Crippen molar-refractivity contribution in [1.82, 2.24) is 0 Å². The maximum absolute atomic E-state index is 12.7. The third kappa shape index (κ3) is 39.2. The normalized spacial score (nSPS) is 14.0. The number of esters is 2. The predicted molar refractivity (Wildman–Crippen MR) is 244 cm³/mol. The molecule has 0 saturated carbocycles. The van der Waals surface area contributed by atoms with E-state index in [0.717, 1.165) is 70.6 Å². The SMILES string of the molecule is CC/C=C/C=C/C=C/C=C/C=C/C=C/CCCCCC(=O)OCC(COCCC(C(=O)[O-])[N+](C)(C)C)OC(=O)CCCCCCC/C=C/C=C/C=C/CCCCCCC. The standard InChI is InChI=1S/C51H81NO7/c1-6-8-10-12-14-16-18-20-22-24-26-28-30-32-34-36-38-40-42-50(54)59-47(45-57-44-43-48(51(55)56)52(3,4)5)46-58-49(53)41-39-37-35-33-31-29-27-25-23-21-19-17-15-13-11-9-7-2/h9,11,13,15,17-29,31,47-48H,6-8,10,12,14,16,30,32-46H2,1-5H3/b11-9+,15-13+,19-17+,20-18+,23-21+,24-22+,27-25+,28-26+,31-29+. The van der Waals surface area contributed by atoms with Crippen molar-refractivity contribution in [1.29, 1.82) is 0 Å². The van der Waals surface area contributed by atoms with Gasteiger partial charge < -0.3 is 28.6 Å². The van der Waals surface area contributed by atoms with Crippen LogP contribution in [0.4, 0.5) is 0 Å². The molecule has 0 aromatic heterocycles. The molecule has 2 unspecified atom stereocenters. The van der Waals surface area contributed by atoms with Crippen LogP contribution in [0.2, 0.25) is 0 Å². The van der Waals surface area contributed by atoms with Crippen LogP contribution >= 0.6 is 0 Å². The molecule has 0 aliphatic carbocycles. The molecule has 0 fully saturated rings. The second kappa shape index (κ2) is 40.8. The summed E-state index contributed by atoms with van der Waals surface area (Å²) in [6.45, 7) is 4.40. The summed E-state index contributed by atoms with van der Waals surface area (Å²) < 4.78 is 17.1. The number of rotatable bonds is 38. The number of hydrogen-bond donors (Lipinski definition) is 0. The van der Waals surface area contributed by atoms with Crippen molar-refractivity contribution in [3.8, 4) is 0 Å². The lowest BCUT2D eigenvalue weighted by molar-refractivity contribution is -0.889. The monoisotopic (exact) mass is 820 g/mol. The summed E-state index contributed by atoms with van der Waals surface area (Å²) in [4.78, 5) is 36.9. The first-order chi connectivity index (χ1) is 28.6. The molecule has 0 aromatic rings. The molecule has 0 heterocycles. The molecule has 59 heavy (non-hydrogen) atoms. The molecule has 0 spiro atoms. The van der Waals surface area contributed by atoms with Gasteiger partial charge in [0.2, 0.25) is 0 Å². The first-order valence-corrected chi connectivity index (χ1v) is 22.5. The van der Waals surface area contributed by atoms with Crippen LogP contribution in [-0.2, 0) is 28.6 Å². The zero-order valence-corrected chi connectivity index (χ0v) is 37.6. The van der Waals surface area contributed by atoms with Gasteiger partial charge in [-0.25, -0.2) is 0 Å². The highest BCUT2D eigenvalue weighted by Crippen LogP contribution is 2.12. The Labute approximate surface area is 359 Å². The van der Waals surface area contributed by atoms with Crippen LogP contribution in [0.5, 0.6) is 0 Å². The number of nitrogens with zero attached hydrogens (tertiary/aromatic N) is 1. The summed E-state index contributed by atoms with van der Waals surface area (Å²) in [5.74, 6) is -1.84. The Bertz CT molecular complexity index is 1330. The van der Waals surface area contributed by atoms with Crippen molar-refractivity contribution >= 4 is 17.9 Å². The summed E-state index contributed by atoms with van der Waals surface area (Å²) in [6.07, 6.45) is 55.4. The molecule has 2 atom stereocenters. The third-order valence-electron chi connectivity index (χ3n) is 9.37. The van der Waals surface area contributed by atoms with Crippen LogP contribution in [-0.4, -0.2) is 75.5 Å². The van der Waals surface area contributed by atoms with Gasteiger partial charge in [-0.2, -0.15) is 0 Å². The Balaban J connectivity index is 4.51. The van der Waals surface area contributed by atoms with Gasteiger partial charge in [0.1, 0.15) is 12.6 Å². The fourth-order valence-corrected chi connectivity index (χ4v) is 5.87. The van der Waals surface area contributed by atoms with Crippen molar-refractivity contribution in [2.75, 3.05) is 41.0 Å². The van der Waals surface area contributed by atoms with E-state index in [1.807, 2.05) is 60.8 Å². The minimum absolute atomic E-state index is 0.00953. The largest absolute Gasteiger partial charge is 0.544 e. The lowest BCUT2D eigenvalue weighted by Gasteiger charge is -2.34. The molecule has 0 saturated heterocycles. The Kier molecular flexibility index (Phi) is 38.0. The predicted octanol–water partition coefficient (Wildman–Crippen LogP) is 11.1. The van der Waals surface area contributed by atoms with Crippen LogP contribution in [0.15, 0.2) is 109 Å². The first-order valence-electron chi connectivity index (χ1n) is 22.5. The molecule has 0 amide bonds. The number of hydrogen-bond acceptors (Lipinski definition) is 7. The zero-order chi connectivity index (χ0) is 43.5. The number of carboxylic acids is 1. The summed E-state index contributed by atoms with van der Waals surface area (Å²) in [5, 5.41) is 11.6. The van der Waals surface area contributed by atoms with Crippen molar-refractivity contribution in [2.45, 2.75) is 154 Å². The summed E-state index contributed by atoms with van der Waals surface area (Å²) >= 11 is 0. The van der Waals surface area contributed by atoms with Gasteiger partial charge >= 0.3 is 11.9 Å². The van der Waals surface area contributed by atoms with E-state index in [9.17, 15) is 19.5 Å². The molecule has 8 heteroatoms. The van der Waals surface area contributed by atoms with Crippen molar-refractivity contribution in [3.63, 3.8) is 0 Å². The van der Waals surface area contributed by atoms with Crippen LogP contribution in [0.1, 0.15) is 142 Å². The number of unbranched alkanes of at least 4 members (excludes halogenated alkanes) is 13. The minimum Gasteiger partial charge on any atom is -0.544 e. The van der Waals surface area contributed by atoms with Gasteiger partial charge in [-0.3, -0.25) is 9.59 Å². The quantitative estimate of drug-likeness (QED) is 0.0264. The van der Waals surface area contributed by atoms with Gasteiger partial charge in [-0.05, 0) is 57.8 Å². The average Bonchev–Trinajstić information content (AvgIpc) is 3.19. The van der Waals surface area contributed by atoms with E-state index in [2.05, 4.69) is 62.5 Å². The van der Waals surface area contributed by atoms with E-state index in [-0.39, 0.29) is 55.5 Å². The highest BCUT2D eigenvalue weighted by molar-refractivity contribution is 5.70. The van der Waals surface area contributed by atoms with E-state index in [4.69, 9.17) is 14.2 Å². The molecule has 0 rings (SSSR count). The molecular formula is C51H81NO7. The van der Waals surface area contributed by atoms with Crippen molar-refractivity contribution in [2.24, 2.45) is 0 Å². The number of carbonyl (C=O) groups excluding carboxylic acids is 3. The Morgan fingerprint density at radius 3 is 1.42 bits per heavy atom. The van der Waals surface area contributed by atoms with Gasteiger partial charge in [-0.15, -0.1) is 0 Å². The Hall–Kier alpha value is -4.01. The van der Waals surface area contributed by atoms with Crippen LogP contribution in [0.25, 0.3) is 0 Å². The maximum atomic E-state index is 12.7. The molecule has 0 N–H and O–H groups in total. The molecule has 0 radical (unpaired) electrons. The Morgan fingerprint density at radius 2 is 0.949 bits per heavy atom. The second-order valence-corrected chi connectivity index (χ2v) is 15.8. The topological polar surface area (TPSA) is 102 Å². The van der Waals surface area contributed by atoms with Crippen LogP contribution in [0, 0.1) is 0 Å². The highest BCUT2D eigenvalue weighted by atomic mass is 16.6. The minimum atomic E-state index is -1.14. The number of quaternary nitrogens is 1. The summed E-state index contributed by atoms with van der Waals surface area (Å²) in [7, 11) is 5.37. The molecule has 0 aromatic carbocycles. The fourth-order valence-electron chi connectivity index (χ4n) is 5.87. The van der Waals surface area contributed by atoms with Gasteiger partial charge in [0, 0.05) is 19.3 Å². The molecule has 0 aliphatic rings. The number of allylic oxidation sites excluding steroid dienone is 18. The van der Waals surface area contributed by atoms with Gasteiger partial charge in [0.05, 0.1) is 40.3 Å². The Morgan fingerprint density at radius 1 is 0.525 bits per heavy atom. The smallest absolute Gasteiger partial charge is 0.306 e. The summed E-state index contributed by atoms with van der Waals surface area (Å²) in [5.41, 5.74) is 0. The summed E-state index contributed by atoms with van der Waals surface area (Å²) in [6, 6.07) is -0.744. The lowest BCUT2D eigenvalue weighted by Crippen LogP contribution is -2.55. The third-order valence-corrected chi connectivity index (χ3v) is 9.37. The van der Waals surface area contributed by atoms with Crippen LogP contribution < -0.4 is 5.11 Å². The number of ether oxygens (including phenoxy) is 3. The number of likely N-dealkylation sites (N-methyl/N-ethyl adjacent to an activating group) is 1. The number of carboxylic acid groups (broad SMARTS) is 1. The maximum Gasteiger partial charge on any atom is 0.306 e. The molecule has 0 aliphatic heterocycles. The number of carbonyl (C=O) groups is 3. The van der Waals surface area contributed by atoms with E-state index >= 15 is 0 Å². The van der Waals surface area contributed by atoms with E-state index in [1.54, 1.807) is 21.1 Å². The van der Waals surface area contributed by atoms with Gasteiger partial charge in [-0.1, -0.05) is 175 Å². The molecule has 0 bridgehead atoms. The van der Waals surface area contributed by atoms with Crippen molar-refractivity contribution < 1.29 is 38.2 Å². The molecule has 8 nitrogen and oxygen atoms in total. The zero-order valence-electron chi connectivity index (χ0n) is 37.6. The molecule has 332 valence electrons. The fraction of sp³-hybridized carbons (Fsp3) is 0.588. The second-order valence-electron chi connectivity index (χ2n) is 15.8. The van der Waals surface area contributed by atoms with Crippen LogP contribution in [0.3, 0.4) is 0 Å². The van der Waals surface area contributed by atoms with E-state index < -0.39 is 18.1 Å². The number of aliphatic carboxylic acids is 1. The van der Waals surface area contributed by atoms with Gasteiger partial charge in [0.25, 0.3) is 0 Å². The lowest BCUT2D eigenvalue weighted by atomic mass is 10.1. The van der Waals surface area contributed by atoms with E-state index in [0.29, 0.717) is 6.42 Å². The first kappa shape index (κ1) is 55.0. The van der Waals surface area contributed by atoms with E-state index in [1.165, 1.54) is 32.1 Å². The molecular weight excluding hydrogens is 739 g/mol. The van der Waals surface area contributed by atoms with Crippen molar-refractivity contribution in [3.05, 3.63) is 109 Å². The van der Waals surface area contributed by atoms with Gasteiger partial charge in [0.15, 0.2) is 6.10 Å². The highest BCUT2D eigenvalue weighted by Gasteiger charge is 2.25. The average molecular weight is 820 g/mol.